The molecule has 2 aromatic rings. The maximum absolute atomic E-state index is 6.35. The minimum absolute atomic E-state index is 0.0476. The molecule has 31 heavy (non-hydrogen) atoms. The van der Waals surface area contributed by atoms with Crippen LogP contribution >= 0.6 is 0 Å². The SMILES string of the molecule is C/C=C/[C@@H](C#Cc1ccc(O[Si](C)(C)C(C)(C)C)cc1)COCc1ccc(OC)cc1. The summed E-state index contributed by atoms with van der Waals surface area (Å²) in [5.74, 6) is 8.41. The number of benzene rings is 2. The van der Waals surface area contributed by atoms with Gasteiger partial charge in [-0.15, -0.1) is 0 Å². The van der Waals surface area contributed by atoms with E-state index in [1.54, 1.807) is 7.11 Å². The van der Waals surface area contributed by atoms with Crippen molar-refractivity contribution in [1.82, 2.24) is 0 Å². The van der Waals surface area contributed by atoms with Crippen LogP contribution in [0.2, 0.25) is 18.1 Å². The Bertz CT molecular complexity index is 895. The number of hydrogen-bond acceptors (Lipinski definition) is 3. The Labute approximate surface area is 189 Å². The molecule has 3 nitrogen and oxygen atoms in total. The smallest absolute Gasteiger partial charge is 0.250 e. The van der Waals surface area contributed by atoms with Gasteiger partial charge >= 0.3 is 0 Å². The van der Waals surface area contributed by atoms with E-state index < -0.39 is 8.32 Å². The lowest BCUT2D eigenvalue weighted by molar-refractivity contribution is 0.111. The highest BCUT2D eigenvalue weighted by Gasteiger charge is 2.38. The van der Waals surface area contributed by atoms with Crippen molar-refractivity contribution in [2.75, 3.05) is 13.7 Å². The molecule has 0 N–H and O–H groups in total. The van der Waals surface area contributed by atoms with Crippen LogP contribution in [0, 0.1) is 17.8 Å². The Hall–Kier alpha value is -2.48. The largest absolute Gasteiger partial charge is 0.544 e. The van der Waals surface area contributed by atoms with Crippen LogP contribution in [0.25, 0.3) is 0 Å². The van der Waals surface area contributed by atoms with Crippen molar-refractivity contribution < 1.29 is 13.9 Å². The van der Waals surface area contributed by atoms with Gasteiger partial charge in [0, 0.05) is 5.56 Å². The number of hydrogen-bond donors (Lipinski definition) is 0. The molecular weight excluding hydrogens is 400 g/mol. The van der Waals surface area contributed by atoms with E-state index in [2.05, 4.69) is 51.8 Å². The third-order valence-electron chi connectivity index (χ3n) is 5.59. The molecule has 2 rings (SSSR count). The predicted molar refractivity (Wildman–Crippen MR) is 132 cm³/mol. The highest BCUT2D eigenvalue weighted by atomic mass is 28.4. The number of ether oxygens (including phenoxy) is 2. The molecule has 2 aromatic carbocycles. The van der Waals surface area contributed by atoms with Gasteiger partial charge in [-0.2, -0.15) is 0 Å². The van der Waals surface area contributed by atoms with Gasteiger partial charge in [-0.1, -0.05) is 56.9 Å². The van der Waals surface area contributed by atoms with Crippen molar-refractivity contribution in [3.63, 3.8) is 0 Å². The Morgan fingerprint density at radius 3 is 2.13 bits per heavy atom. The summed E-state index contributed by atoms with van der Waals surface area (Å²) in [4.78, 5) is 0. The Kier molecular flexibility index (Phi) is 8.97. The molecule has 0 aliphatic carbocycles. The molecular formula is C27H36O3Si. The normalized spacial score (nSPS) is 12.9. The summed E-state index contributed by atoms with van der Waals surface area (Å²) in [7, 11) is -0.160. The van der Waals surface area contributed by atoms with Crippen LogP contribution in [0.5, 0.6) is 11.5 Å². The highest BCUT2D eigenvalue weighted by Crippen LogP contribution is 2.37. The summed E-state index contributed by atoms with van der Waals surface area (Å²) in [6.45, 7) is 14.4. The van der Waals surface area contributed by atoms with Crippen molar-refractivity contribution in [3.05, 3.63) is 71.8 Å². The van der Waals surface area contributed by atoms with Crippen molar-refractivity contribution in [2.24, 2.45) is 5.92 Å². The van der Waals surface area contributed by atoms with Gasteiger partial charge in [-0.25, -0.2) is 0 Å². The highest BCUT2D eigenvalue weighted by molar-refractivity contribution is 6.74. The van der Waals surface area contributed by atoms with E-state index in [1.807, 2.05) is 61.5 Å². The minimum Gasteiger partial charge on any atom is -0.544 e. The second-order valence-electron chi connectivity index (χ2n) is 9.15. The van der Waals surface area contributed by atoms with Gasteiger partial charge < -0.3 is 13.9 Å². The lowest BCUT2D eigenvalue weighted by Gasteiger charge is -2.36. The Morgan fingerprint density at radius 2 is 1.58 bits per heavy atom. The van der Waals surface area contributed by atoms with Crippen LogP contribution in [0.1, 0.15) is 38.8 Å². The first-order valence-electron chi connectivity index (χ1n) is 10.8. The molecule has 0 heterocycles. The molecule has 0 amide bonds. The van der Waals surface area contributed by atoms with E-state index in [0.29, 0.717) is 13.2 Å². The number of rotatable bonds is 8. The van der Waals surface area contributed by atoms with Gasteiger partial charge in [0.2, 0.25) is 8.32 Å². The van der Waals surface area contributed by atoms with Crippen molar-refractivity contribution in [3.8, 4) is 23.3 Å². The third-order valence-corrected chi connectivity index (χ3v) is 9.94. The first kappa shape index (κ1) is 24.8. The second kappa shape index (κ2) is 11.2. The van der Waals surface area contributed by atoms with Crippen LogP contribution in [0.4, 0.5) is 0 Å². The van der Waals surface area contributed by atoms with Crippen LogP contribution in [-0.2, 0) is 11.3 Å². The predicted octanol–water partition coefficient (Wildman–Crippen LogP) is 6.84. The molecule has 0 aromatic heterocycles. The fourth-order valence-electron chi connectivity index (χ4n) is 2.63. The third kappa shape index (κ3) is 7.94. The fraction of sp³-hybridized carbons (Fsp3) is 0.407. The molecule has 0 bridgehead atoms. The quantitative estimate of drug-likeness (QED) is 0.257. The van der Waals surface area contributed by atoms with E-state index in [0.717, 1.165) is 22.6 Å². The first-order chi connectivity index (χ1) is 14.6. The molecule has 0 saturated carbocycles. The standard InChI is InChI=1S/C27H36O3Si/c1-8-9-23(20-29-21-24-14-16-25(28-5)17-15-24)11-10-22-12-18-26(19-13-22)30-31(6,7)27(2,3)4/h8-9,12-19,23H,20-21H2,1-7H3/b9-8+/t23-/m0/s1. The fourth-order valence-corrected chi connectivity index (χ4v) is 3.66. The van der Waals surface area contributed by atoms with Crippen molar-refractivity contribution in [2.45, 2.75) is 52.4 Å². The molecule has 0 radical (unpaired) electrons. The molecule has 0 saturated heterocycles. The molecule has 0 aliphatic heterocycles. The molecule has 1 atom stereocenters. The molecule has 0 fully saturated rings. The zero-order valence-electron chi connectivity index (χ0n) is 20.0. The Morgan fingerprint density at radius 1 is 0.968 bits per heavy atom. The zero-order valence-corrected chi connectivity index (χ0v) is 21.0. The van der Waals surface area contributed by atoms with E-state index in [4.69, 9.17) is 13.9 Å². The minimum atomic E-state index is -1.83. The van der Waals surface area contributed by atoms with Gasteiger partial charge in [0.25, 0.3) is 0 Å². The lowest BCUT2D eigenvalue weighted by Crippen LogP contribution is -2.43. The summed E-state index contributed by atoms with van der Waals surface area (Å²) in [5, 5.41) is 0.178. The van der Waals surface area contributed by atoms with E-state index in [9.17, 15) is 0 Å². The summed E-state index contributed by atoms with van der Waals surface area (Å²) in [5.41, 5.74) is 2.09. The number of allylic oxidation sites excluding steroid dienone is 1. The topological polar surface area (TPSA) is 27.7 Å². The van der Waals surface area contributed by atoms with Crippen LogP contribution < -0.4 is 9.16 Å². The summed E-state index contributed by atoms with van der Waals surface area (Å²) < 4.78 is 17.4. The molecule has 4 heteroatoms. The summed E-state index contributed by atoms with van der Waals surface area (Å²) >= 11 is 0. The summed E-state index contributed by atoms with van der Waals surface area (Å²) in [6.07, 6.45) is 4.10. The zero-order chi connectivity index (χ0) is 22.9. The molecule has 0 aliphatic rings. The van der Waals surface area contributed by atoms with Gasteiger partial charge in [-0.3, -0.25) is 0 Å². The van der Waals surface area contributed by atoms with E-state index in [-0.39, 0.29) is 11.0 Å². The van der Waals surface area contributed by atoms with Gasteiger partial charge in [0.05, 0.1) is 26.2 Å². The molecule has 166 valence electrons. The molecule has 0 spiro atoms. The monoisotopic (exact) mass is 436 g/mol. The van der Waals surface area contributed by atoms with Crippen LogP contribution in [0.3, 0.4) is 0 Å². The Balaban J connectivity index is 1.95. The summed E-state index contributed by atoms with van der Waals surface area (Å²) in [6, 6.07) is 16.0. The maximum Gasteiger partial charge on any atom is 0.250 e. The van der Waals surface area contributed by atoms with Crippen LogP contribution in [0.15, 0.2) is 60.7 Å². The number of methoxy groups -OCH3 is 1. The first-order valence-corrected chi connectivity index (χ1v) is 13.7. The van der Waals surface area contributed by atoms with Gasteiger partial charge in [0.15, 0.2) is 0 Å². The van der Waals surface area contributed by atoms with E-state index in [1.165, 1.54) is 0 Å². The van der Waals surface area contributed by atoms with Gasteiger partial charge in [-0.05, 0) is 67.0 Å². The second-order valence-corrected chi connectivity index (χ2v) is 13.9. The average molecular weight is 437 g/mol. The lowest BCUT2D eigenvalue weighted by atomic mass is 10.1. The van der Waals surface area contributed by atoms with Gasteiger partial charge in [0.1, 0.15) is 11.5 Å². The maximum atomic E-state index is 6.35. The average Bonchev–Trinajstić information content (AvgIpc) is 2.72. The van der Waals surface area contributed by atoms with E-state index >= 15 is 0 Å². The van der Waals surface area contributed by atoms with Crippen LogP contribution in [-0.4, -0.2) is 22.0 Å². The molecule has 0 unspecified atom stereocenters. The van der Waals surface area contributed by atoms with Crippen molar-refractivity contribution >= 4 is 8.32 Å². The van der Waals surface area contributed by atoms with Crippen molar-refractivity contribution in [1.29, 1.82) is 0 Å².